The third-order valence-electron chi connectivity index (χ3n) is 4.88. The Morgan fingerprint density at radius 2 is 1.73 bits per heavy atom. The van der Waals surface area contributed by atoms with Gasteiger partial charge in [-0.15, -0.1) is 0 Å². The molecule has 0 aliphatic rings. The van der Waals surface area contributed by atoms with Crippen LogP contribution < -0.4 is 4.74 Å². The van der Waals surface area contributed by atoms with Crippen molar-refractivity contribution >= 4 is 22.5 Å². The van der Waals surface area contributed by atoms with E-state index in [1.807, 2.05) is 77.5 Å². The molecular weight excluding hydrogens is 400 g/mol. The minimum absolute atomic E-state index is 0.381. The number of rotatable bonds is 5. The van der Waals surface area contributed by atoms with Gasteiger partial charge in [0.05, 0.1) is 19.2 Å². The molecule has 0 fully saturated rings. The van der Waals surface area contributed by atoms with Crippen molar-refractivity contribution in [1.82, 2.24) is 19.9 Å². The van der Waals surface area contributed by atoms with E-state index in [1.54, 1.807) is 7.11 Å². The Morgan fingerprint density at radius 1 is 0.967 bits per heavy atom. The number of nitrogens with zero attached hydrogens (tertiary/aromatic N) is 4. The topological polar surface area (TPSA) is 66.0 Å². The number of ether oxygens (including phenoxy) is 1. The summed E-state index contributed by atoms with van der Waals surface area (Å²) in [6, 6.07) is 23.3. The van der Waals surface area contributed by atoms with Gasteiger partial charge in [0, 0.05) is 16.0 Å². The first-order chi connectivity index (χ1) is 14.7. The lowest BCUT2D eigenvalue weighted by Crippen LogP contribution is -2.01. The van der Waals surface area contributed by atoms with Crippen molar-refractivity contribution in [1.29, 1.82) is 0 Å². The van der Waals surface area contributed by atoms with Crippen LogP contribution in [-0.2, 0) is 6.54 Å². The molecule has 0 unspecified atom stereocenters. The van der Waals surface area contributed by atoms with Gasteiger partial charge in [0.25, 0.3) is 5.89 Å². The number of fused-ring (bicyclic) bond motifs is 1. The third kappa shape index (κ3) is 3.42. The average Bonchev–Trinajstić information content (AvgIpc) is 3.41. The van der Waals surface area contributed by atoms with Crippen LogP contribution in [0.3, 0.4) is 0 Å². The molecule has 2 aromatic heterocycles. The number of halogens is 1. The Kier molecular flexibility index (Phi) is 4.69. The van der Waals surface area contributed by atoms with Crippen molar-refractivity contribution in [2.75, 3.05) is 7.11 Å². The lowest BCUT2D eigenvalue weighted by atomic mass is 10.2. The number of para-hydroxylation sites is 1. The molecule has 6 nitrogen and oxygen atoms in total. The monoisotopic (exact) mass is 416 g/mol. The van der Waals surface area contributed by atoms with E-state index in [9.17, 15) is 0 Å². The Balaban J connectivity index is 1.53. The Labute approximate surface area is 177 Å². The first kappa shape index (κ1) is 18.4. The summed E-state index contributed by atoms with van der Waals surface area (Å²) in [6.07, 6.45) is 0. The molecule has 5 rings (SSSR count). The molecule has 0 N–H and O–H groups in total. The molecule has 0 bridgehead atoms. The van der Waals surface area contributed by atoms with Crippen LogP contribution in [0.1, 0.15) is 5.56 Å². The summed E-state index contributed by atoms with van der Waals surface area (Å²) in [6.45, 7) is 0.608. The summed E-state index contributed by atoms with van der Waals surface area (Å²) in [5.41, 5.74) is 3.60. The summed E-state index contributed by atoms with van der Waals surface area (Å²) in [5, 5.41) is 10.6. The summed E-state index contributed by atoms with van der Waals surface area (Å²) >= 11 is 6.01. The third-order valence-corrected chi connectivity index (χ3v) is 5.13. The van der Waals surface area contributed by atoms with Crippen molar-refractivity contribution < 1.29 is 9.26 Å². The van der Waals surface area contributed by atoms with E-state index in [0.29, 0.717) is 29.0 Å². The van der Waals surface area contributed by atoms with Gasteiger partial charge in [0.15, 0.2) is 5.69 Å². The van der Waals surface area contributed by atoms with Crippen molar-refractivity contribution in [3.8, 4) is 28.7 Å². The van der Waals surface area contributed by atoms with Gasteiger partial charge in [-0.3, -0.25) is 4.68 Å². The molecule has 2 heterocycles. The van der Waals surface area contributed by atoms with Crippen LogP contribution >= 0.6 is 11.6 Å². The van der Waals surface area contributed by atoms with E-state index in [2.05, 4.69) is 10.1 Å². The van der Waals surface area contributed by atoms with E-state index in [0.717, 1.165) is 27.8 Å². The fourth-order valence-corrected chi connectivity index (χ4v) is 3.47. The summed E-state index contributed by atoms with van der Waals surface area (Å²) in [4.78, 5) is 4.58. The van der Waals surface area contributed by atoms with Gasteiger partial charge >= 0.3 is 0 Å². The number of benzene rings is 3. The number of hydrogen-bond acceptors (Lipinski definition) is 5. The molecule has 5 aromatic rings. The highest BCUT2D eigenvalue weighted by Gasteiger charge is 2.18. The molecule has 0 aliphatic carbocycles. The van der Waals surface area contributed by atoms with Gasteiger partial charge in [-0.25, -0.2) is 0 Å². The van der Waals surface area contributed by atoms with Crippen LogP contribution in [0.5, 0.6) is 5.75 Å². The normalized spacial score (nSPS) is 11.1. The largest absolute Gasteiger partial charge is 0.497 e. The molecule has 0 radical (unpaired) electrons. The maximum atomic E-state index is 6.01. The van der Waals surface area contributed by atoms with Gasteiger partial charge in [-0.1, -0.05) is 47.1 Å². The first-order valence-corrected chi connectivity index (χ1v) is 9.77. The van der Waals surface area contributed by atoms with Gasteiger partial charge in [-0.05, 0) is 48.0 Å². The first-order valence-electron chi connectivity index (χ1n) is 9.40. The minimum Gasteiger partial charge on any atom is -0.497 e. The Hall–Kier alpha value is -3.64. The summed E-state index contributed by atoms with van der Waals surface area (Å²) in [7, 11) is 1.63. The zero-order chi connectivity index (χ0) is 20.5. The predicted molar refractivity (Wildman–Crippen MR) is 116 cm³/mol. The molecule has 0 atom stereocenters. The molecule has 0 spiro atoms. The Bertz CT molecular complexity index is 1310. The Morgan fingerprint density at radius 3 is 2.50 bits per heavy atom. The molecule has 3 aromatic carbocycles. The van der Waals surface area contributed by atoms with Crippen molar-refractivity contribution in [2.45, 2.75) is 6.54 Å². The van der Waals surface area contributed by atoms with E-state index >= 15 is 0 Å². The van der Waals surface area contributed by atoms with Crippen molar-refractivity contribution in [3.63, 3.8) is 0 Å². The average molecular weight is 417 g/mol. The number of aromatic nitrogens is 4. The fraction of sp³-hybridized carbons (Fsp3) is 0.0870. The summed E-state index contributed by atoms with van der Waals surface area (Å²) in [5.74, 6) is 1.66. The van der Waals surface area contributed by atoms with Crippen molar-refractivity contribution in [2.24, 2.45) is 0 Å². The molecule has 0 saturated carbocycles. The molecular formula is C23H17ClN4O2. The quantitative estimate of drug-likeness (QED) is 0.380. The molecule has 30 heavy (non-hydrogen) atoms. The highest BCUT2D eigenvalue weighted by molar-refractivity contribution is 6.30. The van der Waals surface area contributed by atoms with Crippen LogP contribution in [0.2, 0.25) is 5.02 Å². The molecule has 0 saturated heterocycles. The maximum Gasteiger partial charge on any atom is 0.279 e. The highest BCUT2D eigenvalue weighted by atomic mass is 35.5. The van der Waals surface area contributed by atoms with Gasteiger partial charge < -0.3 is 9.26 Å². The van der Waals surface area contributed by atoms with Crippen LogP contribution in [0.15, 0.2) is 77.3 Å². The lowest BCUT2D eigenvalue weighted by molar-refractivity contribution is 0.414. The zero-order valence-corrected chi connectivity index (χ0v) is 16.9. The van der Waals surface area contributed by atoms with Crippen LogP contribution in [0.4, 0.5) is 0 Å². The number of hydrogen-bond donors (Lipinski definition) is 0. The molecule has 7 heteroatoms. The maximum absolute atomic E-state index is 6.01. The second-order valence-electron chi connectivity index (χ2n) is 6.80. The molecule has 0 amide bonds. The summed E-state index contributed by atoms with van der Waals surface area (Å²) < 4.78 is 12.7. The van der Waals surface area contributed by atoms with E-state index in [4.69, 9.17) is 26.0 Å². The standard InChI is InChI=1S/C23H17ClN4O2/c1-29-18-12-8-16(9-13-18)22-25-23(30-27-22)21-19-4-2-3-5-20(19)28(26-21)14-15-6-10-17(24)11-7-15/h2-13H,14H2,1H3. The zero-order valence-electron chi connectivity index (χ0n) is 16.1. The van der Waals surface area contributed by atoms with Gasteiger partial charge in [-0.2, -0.15) is 10.1 Å². The number of methoxy groups -OCH3 is 1. The second-order valence-corrected chi connectivity index (χ2v) is 7.24. The predicted octanol–water partition coefficient (Wildman–Crippen LogP) is 5.46. The van der Waals surface area contributed by atoms with E-state index in [-0.39, 0.29) is 0 Å². The van der Waals surface area contributed by atoms with E-state index < -0.39 is 0 Å². The van der Waals surface area contributed by atoms with Crippen LogP contribution in [0, 0.1) is 0 Å². The highest BCUT2D eigenvalue weighted by Crippen LogP contribution is 2.29. The smallest absolute Gasteiger partial charge is 0.279 e. The fourth-order valence-electron chi connectivity index (χ4n) is 3.35. The molecule has 148 valence electrons. The van der Waals surface area contributed by atoms with Crippen LogP contribution in [-0.4, -0.2) is 27.0 Å². The van der Waals surface area contributed by atoms with E-state index in [1.165, 1.54) is 0 Å². The van der Waals surface area contributed by atoms with Gasteiger partial charge in [0.1, 0.15) is 5.75 Å². The second kappa shape index (κ2) is 7.65. The lowest BCUT2D eigenvalue weighted by Gasteiger charge is -2.03. The van der Waals surface area contributed by atoms with Crippen molar-refractivity contribution in [3.05, 3.63) is 83.4 Å². The van der Waals surface area contributed by atoms with Crippen LogP contribution in [0.25, 0.3) is 33.9 Å². The molecule has 0 aliphatic heterocycles. The SMILES string of the molecule is COc1ccc(-c2noc(-c3nn(Cc4ccc(Cl)cc4)c4ccccc34)n2)cc1. The minimum atomic E-state index is 0.381. The van der Waals surface area contributed by atoms with Gasteiger partial charge in [0.2, 0.25) is 5.82 Å².